The fraction of sp³-hybridized carbons (Fsp3) is 0.882. The van der Waals surface area contributed by atoms with Crippen molar-refractivity contribution in [3.8, 4) is 0 Å². The topological polar surface area (TPSA) is 99.9 Å². The first-order valence-corrected chi connectivity index (χ1v) is 11.1. The quantitative estimate of drug-likeness (QED) is 0.508. The maximum Gasteiger partial charge on any atom is 0.500 e. The predicted molar refractivity (Wildman–Crippen MR) is 102 cm³/mol. The summed E-state index contributed by atoms with van der Waals surface area (Å²) >= 11 is 0. The number of carbonyl (C=O) groups is 2. The van der Waals surface area contributed by atoms with E-state index in [-0.39, 0.29) is 5.91 Å². The van der Waals surface area contributed by atoms with Gasteiger partial charge in [-0.25, -0.2) is 0 Å². The van der Waals surface area contributed by atoms with Crippen molar-refractivity contribution in [3.63, 3.8) is 0 Å². The summed E-state index contributed by atoms with van der Waals surface area (Å²) in [5, 5.41) is 2.50. The monoisotopic (exact) mass is 378 g/mol. The lowest BCUT2D eigenvalue weighted by Gasteiger charge is -2.27. The average Bonchev–Trinajstić information content (AvgIpc) is 2.47. The molecule has 8 heteroatoms. The average molecular weight is 379 g/mol. The molecule has 1 atom stereocenters. The van der Waals surface area contributed by atoms with Gasteiger partial charge in [0.05, 0.1) is 0 Å². The van der Waals surface area contributed by atoms with Crippen molar-refractivity contribution in [1.82, 2.24) is 5.32 Å². The number of hydrogen-bond donors (Lipinski definition) is 2. The van der Waals surface area contributed by atoms with E-state index in [0.717, 1.165) is 12.5 Å². The molecule has 0 fully saturated rings. The molecule has 0 aliphatic heterocycles. The summed E-state index contributed by atoms with van der Waals surface area (Å²) in [4.78, 5) is 21.4. The molecule has 0 rings (SSSR count). The minimum atomic E-state index is -2.30. The van der Waals surface area contributed by atoms with Crippen LogP contribution in [0.2, 0.25) is 6.04 Å². The molecule has 0 saturated carbocycles. The Bertz CT molecular complexity index is 337. The zero-order valence-corrected chi connectivity index (χ0v) is 18.0. The van der Waals surface area contributed by atoms with Crippen molar-refractivity contribution < 1.29 is 22.9 Å². The van der Waals surface area contributed by atoms with Crippen LogP contribution < -0.4 is 11.1 Å². The van der Waals surface area contributed by atoms with E-state index in [9.17, 15) is 9.59 Å². The van der Waals surface area contributed by atoms with Crippen LogP contribution in [0.5, 0.6) is 0 Å². The summed E-state index contributed by atoms with van der Waals surface area (Å²) in [5.41, 5.74) is 5.08. The number of nitrogens with one attached hydrogen (secondary N) is 1. The van der Waals surface area contributed by atoms with Crippen LogP contribution in [0.25, 0.3) is 0 Å². The molecule has 0 heterocycles. The molecule has 0 aliphatic rings. The van der Waals surface area contributed by atoms with E-state index in [1.807, 2.05) is 34.6 Å². The van der Waals surface area contributed by atoms with Crippen molar-refractivity contribution in [1.29, 1.82) is 0 Å². The molecule has 3 N–H and O–H groups in total. The zero-order chi connectivity index (χ0) is 19.9. The van der Waals surface area contributed by atoms with Crippen LogP contribution in [0.1, 0.15) is 61.3 Å². The highest BCUT2D eigenvalue weighted by Crippen LogP contribution is 2.17. The van der Waals surface area contributed by atoms with E-state index in [4.69, 9.17) is 19.0 Å². The van der Waals surface area contributed by atoms with E-state index in [2.05, 4.69) is 12.2 Å². The summed E-state index contributed by atoms with van der Waals surface area (Å²) in [6, 6.07) is 0.394. The lowest BCUT2D eigenvalue weighted by molar-refractivity contribution is -0.126. The Balaban J connectivity index is 0. The third-order valence-corrected chi connectivity index (χ3v) is 6.37. The molecule has 0 radical (unpaired) electrons. The molecule has 0 aromatic carbocycles. The van der Waals surface area contributed by atoms with Crippen molar-refractivity contribution in [2.75, 3.05) is 19.8 Å². The van der Waals surface area contributed by atoms with E-state index < -0.39 is 20.8 Å². The van der Waals surface area contributed by atoms with Gasteiger partial charge >= 0.3 is 8.80 Å². The lowest BCUT2D eigenvalue weighted by atomic mass is 10.0. The van der Waals surface area contributed by atoms with Crippen molar-refractivity contribution >= 4 is 20.6 Å². The highest BCUT2D eigenvalue weighted by atomic mass is 28.4. The first-order chi connectivity index (χ1) is 11.7. The van der Waals surface area contributed by atoms with Gasteiger partial charge in [-0.1, -0.05) is 27.2 Å². The molecule has 2 amide bonds. The first-order valence-electron chi connectivity index (χ1n) is 9.16. The fourth-order valence-corrected chi connectivity index (χ4v) is 4.89. The van der Waals surface area contributed by atoms with Crippen LogP contribution in [0, 0.1) is 5.92 Å². The second-order valence-electron chi connectivity index (χ2n) is 6.02. The summed E-state index contributed by atoms with van der Waals surface area (Å²) < 4.78 is 16.9. The van der Waals surface area contributed by atoms with Crippen LogP contribution in [-0.4, -0.2) is 46.5 Å². The molecule has 0 saturated heterocycles. The standard InChI is InChI=1S/C9H22O3Si.C8H16N2O2/c1-5-9-13(10-6-2,11-7-3)12-8-4;1-5(2)4-7(8(9)12)10-6(3)11/h5-9H2,1-4H3;5,7H,4H2,1-3H3,(H2,9,12)(H,10,11)/t;7-/m.0/s1. The Labute approximate surface area is 154 Å². The molecular formula is C17H38N2O5Si. The van der Waals surface area contributed by atoms with Crippen LogP contribution in [0.3, 0.4) is 0 Å². The van der Waals surface area contributed by atoms with Gasteiger partial charge in [0.25, 0.3) is 0 Å². The van der Waals surface area contributed by atoms with Crippen LogP contribution in [0.15, 0.2) is 0 Å². The maximum atomic E-state index is 10.8. The molecular weight excluding hydrogens is 340 g/mol. The predicted octanol–water partition coefficient (Wildman–Crippen LogP) is 2.47. The molecule has 25 heavy (non-hydrogen) atoms. The Morgan fingerprint density at radius 2 is 1.44 bits per heavy atom. The van der Waals surface area contributed by atoms with E-state index >= 15 is 0 Å². The van der Waals surface area contributed by atoms with E-state index in [1.54, 1.807) is 0 Å². The van der Waals surface area contributed by atoms with Gasteiger partial charge < -0.3 is 24.3 Å². The number of amides is 2. The number of rotatable bonds is 12. The van der Waals surface area contributed by atoms with Gasteiger partial charge in [-0.15, -0.1) is 0 Å². The minimum absolute atomic E-state index is 0.223. The molecule has 7 nitrogen and oxygen atoms in total. The lowest BCUT2D eigenvalue weighted by Crippen LogP contribution is -2.45. The Hall–Kier alpha value is -0.963. The van der Waals surface area contributed by atoms with E-state index in [1.165, 1.54) is 6.92 Å². The van der Waals surface area contributed by atoms with Crippen molar-refractivity contribution in [2.24, 2.45) is 11.7 Å². The molecule has 0 aromatic rings. The Morgan fingerprint density at radius 3 is 1.68 bits per heavy atom. The normalized spacial score (nSPS) is 12.3. The first kappa shape index (κ1) is 26.3. The third-order valence-electron chi connectivity index (χ3n) is 3.08. The van der Waals surface area contributed by atoms with Gasteiger partial charge in [-0.2, -0.15) is 0 Å². The SMILES string of the molecule is CC(=O)N[C@@H](CC(C)C)C(N)=O.CCC[Si](OCC)(OCC)OCC. The largest absolute Gasteiger partial charge is 0.500 e. The van der Waals surface area contributed by atoms with Crippen molar-refractivity contribution in [2.45, 2.75) is 73.4 Å². The smallest absolute Gasteiger partial charge is 0.374 e. The Morgan fingerprint density at radius 1 is 1.00 bits per heavy atom. The van der Waals surface area contributed by atoms with Gasteiger partial charge in [0.2, 0.25) is 11.8 Å². The number of carbonyl (C=O) groups excluding carboxylic acids is 2. The molecule has 0 unspecified atom stereocenters. The second-order valence-corrected chi connectivity index (χ2v) is 8.75. The van der Waals surface area contributed by atoms with Gasteiger partial charge in [0.15, 0.2) is 0 Å². The number of nitrogens with two attached hydrogens (primary N) is 1. The molecule has 150 valence electrons. The summed E-state index contributed by atoms with van der Waals surface area (Å²) in [5.74, 6) is -0.354. The molecule has 0 spiro atoms. The molecule has 0 aliphatic carbocycles. The second kappa shape index (κ2) is 15.3. The van der Waals surface area contributed by atoms with Gasteiger partial charge in [0.1, 0.15) is 6.04 Å². The highest BCUT2D eigenvalue weighted by molar-refractivity contribution is 6.60. The number of hydrogen-bond acceptors (Lipinski definition) is 5. The maximum absolute atomic E-state index is 10.8. The highest BCUT2D eigenvalue weighted by Gasteiger charge is 2.38. The zero-order valence-electron chi connectivity index (χ0n) is 17.0. The van der Waals surface area contributed by atoms with Crippen molar-refractivity contribution in [3.05, 3.63) is 0 Å². The third kappa shape index (κ3) is 13.9. The van der Waals surface area contributed by atoms with Crippen LogP contribution in [-0.2, 0) is 22.9 Å². The fourth-order valence-electron chi connectivity index (χ4n) is 2.27. The summed E-state index contributed by atoms with van der Waals surface area (Å²) in [7, 11) is -2.30. The minimum Gasteiger partial charge on any atom is -0.374 e. The summed E-state index contributed by atoms with van der Waals surface area (Å²) in [6.07, 6.45) is 1.64. The summed E-state index contributed by atoms with van der Waals surface area (Å²) in [6.45, 7) is 15.4. The number of primary amides is 1. The molecule has 0 aromatic heterocycles. The van der Waals surface area contributed by atoms with Crippen LogP contribution in [0.4, 0.5) is 0 Å². The van der Waals surface area contributed by atoms with Gasteiger partial charge in [-0.05, 0) is 33.1 Å². The van der Waals surface area contributed by atoms with Crippen LogP contribution >= 0.6 is 0 Å². The van der Waals surface area contributed by atoms with E-state index in [0.29, 0.717) is 32.2 Å². The Kier molecular flexibility index (Phi) is 16.1. The van der Waals surface area contributed by atoms with Gasteiger partial charge in [0, 0.05) is 32.8 Å². The van der Waals surface area contributed by atoms with Gasteiger partial charge in [-0.3, -0.25) is 9.59 Å². The molecule has 0 bridgehead atoms.